The van der Waals surface area contributed by atoms with Crippen LogP contribution in [0.2, 0.25) is 0 Å². The third-order valence-corrected chi connectivity index (χ3v) is 5.14. The van der Waals surface area contributed by atoms with Crippen molar-refractivity contribution in [2.75, 3.05) is 0 Å². The van der Waals surface area contributed by atoms with Gasteiger partial charge in [-0.05, 0) is 19.4 Å². The summed E-state index contributed by atoms with van der Waals surface area (Å²) in [5.41, 5.74) is 1.01. The van der Waals surface area contributed by atoms with Gasteiger partial charge in [-0.1, -0.05) is 18.2 Å². The van der Waals surface area contributed by atoms with E-state index in [-0.39, 0.29) is 17.1 Å². The summed E-state index contributed by atoms with van der Waals surface area (Å²) >= 11 is 0. The monoisotopic (exact) mass is 224 g/mol. The van der Waals surface area contributed by atoms with Gasteiger partial charge in [-0.15, -0.1) is 0 Å². The number of fused-ring (bicyclic) bond motifs is 1. The molecule has 1 unspecified atom stereocenters. The van der Waals surface area contributed by atoms with Crippen molar-refractivity contribution in [3.63, 3.8) is 0 Å². The number of hydrogen-bond acceptors (Lipinski definition) is 3. The Labute approximate surface area is 89.0 Å². The van der Waals surface area contributed by atoms with Gasteiger partial charge in [0, 0.05) is 12.0 Å². The highest BCUT2D eigenvalue weighted by Crippen LogP contribution is 2.31. The quantitative estimate of drug-likeness (QED) is 0.674. The number of benzene rings is 1. The highest BCUT2D eigenvalue weighted by atomic mass is 32.2. The van der Waals surface area contributed by atoms with Crippen LogP contribution in [0.15, 0.2) is 23.1 Å². The summed E-state index contributed by atoms with van der Waals surface area (Å²) in [6.07, 6.45) is 0.0960. The second-order valence-corrected chi connectivity index (χ2v) is 6.24. The Balaban J connectivity index is 2.84. The number of aryl methyl sites for hydroxylation is 1. The molecule has 80 valence electrons. The van der Waals surface area contributed by atoms with Crippen LogP contribution in [0.3, 0.4) is 0 Å². The molecule has 0 saturated carbocycles. The normalized spacial score (nSPS) is 23.6. The van der Waals surface area contributed by atoms with E-state index in [0.29, 0.717) is 11.1 Å². The average Bonchev–Trinajstić information content (AvgIpc) is 2.14. The van der Waals surface area contributed by atoms with E-state index in [1.54, 1.807) is 32.0 Å². The molecule has 0 amide bonds. The molecule has 1 aromatic carbocycles. The molecule has 0 aliphatic carbocycles. The van der Waals surface area contributed by atoms with Crippen LogP contribution in [0, 0.1) is 6.92 Å². The highest BCUT2D eigenvalue weighted by Gasteiger charge is 2.36. The Hall–Kier alpha value is -1.16. The van der Waals surface area contributed by atoms with Gasteiger partial charge >= 0.3 is 0 Å². The van der Waals surface area contributed by atoms with Crippen molar-refractivity contribution < 1.29 is 13.2 Å². The van der Waals surface area contributed by atoms with Crippen molar-refractivity contribution in [1.29, 1.82) is 0 Å². The van der Waals surface area contributed by atoms with E-state index < -0.39 is 15.1 Å². The molecule has 2 rings (SSSR count). The van der Waals surface area contributed by atoms with E-state index in [1.165, 1.54) is 0 Å². The molecular weight excluding hydrogens is 212 g/mol. The van der Waals surface area contributed by atoms with Crippen molar-refractivity contribution in [2.45, 2.75) is 30.4 Å². The Bertz CT molecular complexity index is 529. The minimum absolute atomic E-state index is 0.0731. The fourth-order valence-corrected chi connectivity index (χ4v) is 3.71. The minimum Gasteiger partial charge on any atom is -0.294 e. The highest BCUT2D eigenvalue weighted by molar-refractivity contribution is 7.92. The summed E-state index contributed by atoms with van der Waals surface area (Å²) in [6, 6.07) is 5.04. The molecule has 1 aliphatic rings. The van der Waals surface area contributed by atoms with E-state index in [9.17, 15) is 13.2 Å². The molecule has 0 fully saturated rings. The van der Waals surface area contributed by atoms with Gasteiger partial charge in [-0.25, -0.2) is 8.42 Å². The first-order valence-electron chi connectivity index (χ1n) is 4.81. The fourth-order valence-electron chi connectivity index (χ4n) is 1.93. The third-order valence-electron chi connectivity index (χ3n) is 2.80. The summed E-state index contributed by atoms with van der Waals surface area (Å²) in [6.45, 7) is 3.31. The standard InChI is InChI=1S/C11H12O3S/c1-7-4-3-5-9-10(12)6-8(2)15(13,14)11(7)9/h3-5,8H,6H2,1-2H3. The SMILES string of the molecule is Cc1cccc2c1S(=O)(=O)C(C)CC2=O. The molecule has 1 atom stereocenters. The zero-order chi connectivity index (χ0) is 11.2. The van der Waals surface area contributed by atoms with E-state index in [1.807, 2.05) is 0 Å². The maximum absolute atomic E-state index is 12.0. The Morgan fingerprint density at radius 3 is 2.67 bits per heavy atom. The molecule has 0 spiro atoms. The fraction of sp³-hybridized carbons (Fsp3) is 0.364. The minimum atomic E-state index is -3.31. The lowest BCUT2D eigenvalue weighted by molar-refractivity contribution is 0.0975. The smallest absolute Gasteiger partial charge is 0.182 e. The molecule has 0 saturated heterocycles. The molecule has 0 radical (unpaired) electrons. The number of carbonyl (C=O) groups is 1. The van der Waals surface area contributed by atoms with Crippen LogP contribution in [-0.2, 0) is 9.84 Å². The predicted octanol–water partition coefficient (Wildman–Crippen LogP) is 1.74. The Morgan fingerprint density at radius 1 is 1.33 bits per heavy atom. The molecule has 15 heavy (non-hydrogen) atoms. The van der Waals surface area contributed by atoms with Crippen molar-refractivity contribution in [2.24, 2.45) is 0 Å². The first kappa shape index (κ1) is 10.4. The first-order chi connectivity index (χ1) is 6.94. The maximum Gasteiger partial charge on any atom is 0.182 e. The van der Waals surface area contributed by atoms with Crippen molar-refractivity contribution in [3.05, 3.63) is 29.3 Å². The number of rotatable bonds is 0. The molecule has 0 N–H and O–H groups in total. The predicted molar refractivity (Wildman–Crippen MR) is 56.8 cm³/mol. The second-order valence-electron chi connectivity index (χ2n) is 3.93. The molecule has 1 heterocycles. The van der Waals surface area contributed by atoms with Crippen LogP contribution in [0.5, 0.6) is 0 Å². The third kappa shape index (κ3) is 1.40. The summed E-state index contributed by atoms with van der Waals surface area (Å²) in [5.74, 6) is -0.0731. The molecule has 0 aromatic heterocycles. The van der Waals surface area contributed by atoms with Gasteiger partial charge in [-0.2, -0.15) is 0 Å². The van der Waals surface area contributed by atoms with Gasteiger partial charge in [-0.3, -0.25) is 4.79 Å². The van der Waals surface area contributed by atoms with Crippen LogP contribution in [0.25, 0.3) is 0 Å². The van der Waals surface area contributed by atoms with Crippen molar-refractivity contribution >= 4 is 15.6 Å². The largest absolute Gasteiger partial charge is 0.294 e. The van der Waals surface area contributed by atoms with Crippen LogP contribution in [0.1, 0.15) is 29.3 Å². The molecule has 0 bridgehead atoms. The Morgan fingerprint density at radius 2 is 2.00 bits per heavy atom. The van der Waals surface area contributed by atoms with Gasteiger partial charge in [0.05, 0.1) is 10.1 Å². The van der Waals surface area contributed by atoms with Gasteiger partial charge in [0.1, 0.15) is 0 Å². The zero-order valence-electron chi connectivity index (χ0n) is 8.65. The lowest BCUT2D eigenvalue weighted by Gasteiger charge is -2.22. The van der Waals surface area contributed by atoms with Gasteiger partial charge in [0.25, 0.3) is 0 Å². The summed E-state index contributed by atoms with van der Waals surface area (Å²) < 4.78 is 24.0. The summed E-state index contributed by atoms with van der Waals surface area (Å²) in [4.78, 5) is 11.9. The number of sulfone groups is 1. The average molecular weight is 224 g/mol. The lowest BCUT2D eigenvalue weighted by atomic mass is 10.0. The molecule has 4 heteroatoms. The number of carbonyl (C=O) groups excluding carboxylic acids is 1. The number of hydrogen-bond donors (Lipinski definition) is 0. The van der Waals surface area contributed by atoms with Crippen LogP contribution in [0.4, 0.5) is 0 Å². The molecule has 3 nitrogen and oxygen atoms in total. The van der Waals surface area contributed by atoms with Crippen LogP contribution in [-0.4, -0.2) is 19.5 Å². The molecule has 1 aromatic rings. The Kier molecular flexibility index (Phi) is 2.19. The van der Waals surface area contributed by atoms with Gasteiger partial charge in [0.15, 0.2) is 15.6 Å². The summed E-state index contributed by atoms with van der Waals surface area (Å²) in [7, 11) is -3.31. The topological polar surface area (TPSA) is 51.2 Å². The van der Waals surface area contributed by atoms with Crippen LogP contribution >= 0.6 is 0 Å². The number of ketones is 1. The zero-order valence-corrected chi connectivity index (χ0v) is 9.47. The van der Waals surface area contributed by atoms with Gasteiger partial charge in [0.2, 0.25) is 0 Å². The molecule has 1 aliphatic heterocycles. The lowest BCUT2D eigenvalue weighted by Crippen LogP contribution is -2.29. The van der Waals surface area contributed by atoms with Crippen molar-refractivity contribution in [3.8, 4) is 0 Å². The molecular formula is C11H12O3S. The van der Waals surface area contributed by atoms with E-state index in [4.69, 9.17) is 0 Å². The van der Waals surface area contributed by atoms with E-state index in [2.05, 4.69) is 0 Å². The second kappa shape index (κ2) is 3.17. The first-order valence-corrected chi connectivity index (χ1v) is 6.36. The van der Waals surface area contributed by atoms with E-state index >= 15 is 0 Å². The summed E-state index contributed by atoms with van der Waals surface area (Å²) in [5, 5.41) is -0.599. The van der Waals surface area contributed by atoms with Crippen molar-refractivity contribution in [1.82, 2.24) is 0 Å². The van der Waals surface area contributed by atoms with E-state index in [0.717, 1.165) is 0 Å². The number of Topliss-reactive ketones (excluding diaryl/α,β-unsaturated/α-hetero) is 1. The van der Waals surface area contributed by atoms with Gasteiger partial charge < -0.3 is 0 Å². The maximum atomic E-state index is 12.0. The van der Waals surface area contributed by atoms with Crippen LogP contribution < -0.4 is 0 Å².